The summed E-state index contributed by atoms with van der Waals surface area (Å²) in [6, 6.07) is 3.48. The van der Waals surface area contributed by atoms with Crippen LogP contribution in [0.25, 0.3) is 11.1 Å². The smallest absolute Gasteiger partial charge is 0.406 e. The molecule has 172 valence electrons. The second-order valence-electron chi connectivity index (χ2n) is 7.18. The van der Waals surface area contributed by atoms with E-state index in [1.165, 1.54) is 12.5 Å². The van der Waals surface area contributed by atoms with Crippen LogP contribution < -0.4 is 15.0 Å². The van der Waals surface area contributed by atoms with E-state index in [0.717, 1.165) is 38.1 Å². The molecule has 1 aliphatic rings. The van der Waals surface area contributed by atoms with Crippen molar-refractivity contribution in [2.45, 2.75) is 19.2 Å². The van der Waals surface area contributed by atoms with Crippen molar-refractivity contribution in [3.05, 3.63) is 58.7 Å². The summed E-state index contributed by atoms with van der Waals surface area (Å²) in [5.74, 6) is -0.482. The molecule has 0 bridgehead atoms. The average Bonchev–Trinajstić information content (AvgIpc) is 3.30. The molecule has 12 heteroatoms. The van der Waals surface area contributed by atoms with Crippen molar-refractivity contribution in [3.63, 3.8) is 0 Å². The Morgan fingerprint density at radius 1 is 1.03 bits per heavy atom. The summed E-state index contributed by atoms with van der Waals surface area (Å²) in [6.45, 7) is 1.69. The van der Waals surface area contributed by atoms with Gasteiger partial charge >= 0.3 is 6.36 Å². The predicted molar refractivity (Wildman–Crippen MR) is 118 cm³/mol. The maximum atomic E-state index is 12.9. The molecule has 1 amide bonds. The van der Waals surface area contributed by atoms with Crippen LogP contribution in [0.1, 0.15) is 23.2 Å². The number of pyridine rings is 1. The fraction of sp³-hybridized carbons (Fsp3) is 0.238. The molecule has 1 N–H and O–H groups in total. The first-order valence-electron chi connectivity index (χ1n) is 9.78. The van der Waals surface area contributed by atoms with E-state index >= 15 is 0 Å². The Hall–Kier alpha value is -3.11. The van der Waals surface area contributed by atoms with Crippen LogP contribution in [0, 0.1) is 0 Å². The lowest BCUT2D eigenvalue weighted by molar-refractivity contribution is -0.274. The Bertz CT molecular complexity index is 1150. The van der Waals surface area contributed by atoms with Crippen molar-refractivity contribution in [1.29, 1.82) is 0 Å². The number of hydrogen-bond donors (Lipinski definition) is 1. The van der Waals surface area contributed by atoms with Gasteiger partial charge in [0.2, 0.25) is 0 Å². The number of amides is 1. The minimum atomic E-state index is -4.91. The van der Waals surface area contributed by atoms with Gasteiger partial charge in [0, 0.05) is 54.9 Å². The zero-order valence-electron chi connectivity index (χ0n) is 16.9. The first-order valence-corrected chi connectivity index (χ1v) is 10.5. The molecule has 0 unspecified atom stereocenters. The number of rotatable bonds is 5. The van der Waals surface area contributed by atoms with E-state index in [0.29, 0.717) is 16.9 Å². The minimum absolute atomic E-state index is 0.0499. The molecule has 3 heterocycles. The maximum absolute atomic E-state index is 12.9. The molecule has 2 aromatic heterocycles. The highest BCUT2D eigenvalue weighted by atomic mass is 35.5. The van der Waals surface area contributed by atoms with Crippen molar-refractivity contribution >= 4 is 40.6 Å². The Morgan fingerprint density at radius 2 is 1.67 bits per heavy atom. The van der Waals surface area contributed by atoms with Crippen LogP contribution >= 0.6 is 23.2 Å². The molecular formula is C21H16Cl2F3N5O2. The second kappa shape index (κ2) is 9.40. The molecule has 0 spiro atoms. The lowest BCUT2D eigenvalue weighted by atomic mass is 10.1. The van der Waals surface area contributed by atoms with E-state index in [4.69, 9.17) is 23.2 Å². The number of nitrogens with one attached hydrogen (secondary N) is 1. The molecule has 0 atom stereocenters. The summed E-state index contributed by atoms with van der Waals surface area (Å²) in [5, 5.41) is 2.10. The molecule has 0 aliphatic carbocycles. The predicted octanol–water partition coefficient (Wildman–Crippen LogP) is 5.60. The summed E-state index contributed by atoms with van der Waals surface area (Å²) in [7, 11) is 0. The molecule has 1 saturated heterocycles. The third-order valence-corrected chi connectivity index (χ3v) is 5.49. The lowest BCUT2D eigenvalue weighted by Crippen LogP contribution is -2.21. The van der Waals surface area contributed by atoms with Gasteiger partial charge < -0.3 is 15.0 Å². The van der Waals surface area contributed by atoms with Crippen LogP contribution in [0.5, 0.6) is 5.75 Å². The van der Waals surface area contributed by atoms with Crippen LogP contribution in [-0.2, 0) is 0 Å². The van der Waals surface area contributed by atoms with Crippen molar-refractivity contribution in [3.8, 4) is 16.9 Å². The van der Waals surface area contributed by atoms with Crippen LogP contribution in [0.2, 0.25) is 10.0 Å². The Morgan fingerprint density at radius 3 is 2.27 bits per heavy atom. The molecule has 7 nitrogen and oxygen atoms in total. The van der Waals surface area contributed by atoms with Gasteiger partial charge in [-0.05, 0) is 18.9 Å². The molecule has 4 rings (SSSR count). The number of hydrogen-bond acceptors (Lipinski definition) is 6. The van der Waals surface area contributed by atoms with Crippen molar-refractivity contribution < 1.29 is 22.7 Å². The van der Waals surface area contributed by atoms with Gasteiger partial charge in [-0.2, -0.15) is 0 Å². The lowest BCUT2D eigenvalue weighted by Gasteiger charge is -2.20. The van der Waals surface area contributed by atoms with Crippen LogP contribution in [0.4, 0.5) is 24.7 Å². The average molecular weight is 498 g/mol. The molecule has 3 aromatic rings. The molecule has 1 aromatic carbocycles. The molecule has 0 saturated carbocycles. The standard InChI is InChI=1S/C21H16Cl2F3N5O2/c22-16-6-14(33-21(24,25)26)7-17(23)18(16)30-20(32)12-5-15(13-8-27-11-28-9-13)19(29-10-12)31-3-1-2-4-31/h5-11H,1-4H2,(H,30,32). The number of carbonyl (C=O) groups excluding carboxylic acids is 1. The van der Waals surface area contributed by atoms with Crippen LogP contribution in [-0.4, -0.2) is 40.3 Å². The number of ether oxygens (including phenoxy) is 1. The van der Waals surface area contributed by atoms with Crippen LogP contribution in [0.15, 0.2) is 43.1 Å². The van der Waals surface area contributed by atoms with Gasteiger partial charge in [0.05, 0.1) is 21.3 Å². The summed E-state index contributed by atoms with van der Waals surface area (Å²) in [5.41, 5.74) is 1.51. The van der Waals surface area contributed by atoms with E-state index in [-0.39, 0.29) is 21.3 Å². The maximum Gasteiger partial charge on any atom is 0.573 e. The van der Waals surface area contributed by atoms with E-state index in [9.17, 15) is 18.0 Å². The number of benzene rings is 1. The first kappa shape index (κ1) is 23.1. The second-order valence-corrected chi connectivity index (χ2v) is 7.99. The van der Waals surface area contributed by atoms with E-state index in [2.05, 4.69) is 29.9 Å². The Balaban J connectivity index is 1.64. The van der Waals surface area contributed by atoms with Gasteiger partial charge in [-0.15, -0.1) is 13.2 Å². The third-order valence-electron chi connectivity index (χ3n) is 4.89. The fourth-order valence-electron chi connectivity index (χ4n) is 3.46. The van der Waals surface area contributed by atoms with Gasteiger partial charge in [-0.1, -0.05) is 23.2 Å². The monoisotopic (exact) mass is 497 g/mol. The van der Waals surface area contributed by atoms with Gasteiger partial charge in [0.1, 0.15) is 17.9 Å². The number of nitrogens with zero attached hydrogens (tertiary/aromatic N) is 4. The molecule has 1 fully saturated rings. The van der Waals surface area contributed by atoms with Gasteiger partial charge in [-0.3, -0.25) is 4.79 Å². The van der Waals surface area contributed by atoms with Gasteiger partial charge in [0.25, 0.3) is 5.91 Å². The highest BCUT2D eigenvalue weighted by Crippen LogP contribution is 2.37. The normalized spacial score (nSPS) is 13.8. The van der Waals surface area contributed by atoms with E-state index in [1.807, 2.05) is 0 Å². The highest BCUT2D eigenvalue weighted by Gasteiger charge is 2.32. The fourth-order valence-corrected chi connectivity index (χ4v) is 4.02. The van der Waals surface area contributed by atoms with Crippen molar-refractivity contribution in [2.24, 2.45) is 0 Å². The molecular weight excluding hydrogens is 482 g/mol. The quantitative estimate of drug-likeness (QED) is 0.494. The molecule has 33 heavy (non-hydrogen) atoms. The number of carbonyl (C=O) groups is 1. The number of alkyl halides is 3. The van der Waals surface area contributed by atoms with Gasteiger partial charge in [0.15, 0.2) is 0 Å². The summed E-state index contributed by atoms with van der Waals surface area (Å²) in [6.07, 6.45) is 3.24. The van der Waals surface area contributed by atoms with E-state index < -0.39 is 18.0 Å². The Labute approximate surface area is 196 Å². The largest absolute Gasteiger partial charge is 0.573 e. The third kappa shape index (κ3) is 5.45. The topological polar surface area (TPSA) is 80.2 Å². The van der Waals surface area contributed by atoms with Crippen LogP contribution in [0.3, 0.4) is 0 Å². The zero-order valence-corrected chi connectivity index (χ0v) is 18.4. The number of halogens is 5. The summed E-state index contributed by atoms with van der Waals surface area (Å²) < 4.78 is 41.2. The summed E-state index contributed by atoms with van der Waals surface area (Å²) in [4.78, 5) is 27.6. The van der Waals surface area contributed by atoms with Crippen molar-refractivity contribution in [2.75, 3.05) is 23.3 Å². The first-order chi connectivity index (χ1) is 15.7. The number of anilines is 2. The highest BCUT2D eigenvalue weighted by molar-refractivity contribution is 6.40. The van der Waals surface area contributed by atoms with Gasteiger partial charge in [-0.25, -0.2) is 15.0 Å². The SMILES string of the molecule is O=C(Nc1c(Cl)cc(OC(F)(F)F)cc1Cl)c1cnc(N2CCCC2)c(-c2cncnc2)c1. The summed E-state index contributed by atoms with van der Waals surface area (Å²) >= 11 is 12.1. The number of aromatic nitrogens is 3. The zero-order chi connectivity index (χ0) is 23.6. The minimum Gasteiger partial charge on any atom is -0.406 e. The van der Waals surface area contributed by atoms with Crippen molar-refractivity contribution in [1.82, 2.24) is 15.0 Å². The van der Waals surface area contributed by atoms with E-state index in [1.54, 1.807) is 18.5 Å². The Kier molecular flexibility index (Phi) is 6.57. The molecule has 1 aliphatic heterocycles. The molecule has 0 radical (unpaired) electrons.